The Balaban J connectivity index is 1.88. The maximum Gasteiger partial charge on any atom is 0.0387 e. The molecule has 2 nitrogen and oxygen atoms in total. The van der Waals surface area contributed by atoms with E-state index in [1.54, 1.807) is 0 Å². The number of piperazine rings is 1. The van der Waals surface area contributed by atoms with Gasteiger partial charge in [0, 0.05) is 34.8 Å². The molecule has 1 aromatic carbocycles. The molecule has 1 heterocycles. The Labute approximate surface area is 124 Å². The van der Waals surface area contributed by atoms with E-state index in [1.165, 1.54) is 28.6 Å². The topological polar surface area (TPSA) is 15.3 Å². The van der Waals surface area contributed by atoms with Gasteiger partial charge in [-0.2, -0.15) is 0 Å². The zero-order valence-electron chi connectivity index (χ0n) is 12.0. The quantitative estimate of drug-likeness (QED) is 0.892. The molecule has 0 spiro atoms. The lowest BCUT2D eigenvalue weighted by atomic mass is 9.90. The summed E-state index contributed by atoms with van der Waals surface area (Å²) in [6.07, 6.45) is 2.78. The molecule has 19 heavy (non-hydrogen) atoms. The fraction of sp³-hybridized carbons (Fsp3) is 0.625. The van der Waals surface area contributed by atoms with Crippen molar-refractivity contribution in [1.29, 1.82) is 0 Å². The first kappa shape index (κ1) is 13.4. The first-order valence-electron chi connectivity index (χ1n) is 7.27. The van der Waals surface area contributed by atoms with Crippen LogP contribution < -0.4 is 10.2 Å². The monoisotopic (exact) mass is 322 g/mol. The maximum absolute atomic E-state index is 3.78. The molecule has 1 saturated carbocycles. The van der Waals surface area contributed by atoms with Gasteiger partial charge in [0.05, 0.1) is 0 Å². The van der Waals surface area contributed by atoms with Gasteiger partial charge in [-0.3, -0.25) is 0 Å². The third-order valence-corrected chi connectivity index (χ3v) is 5.13. The summed E-state index contributed by atoms with van der Waals surface area (Å²) in [5.41, 5.74) is 2.97. The van der Waals surface area contributed by atoms with Gasteiger partial charge >= 0.3 is 0 Å². The number of rotatable bonds is 2. The number of benzene rings is 1. The third kappa shape index (κ3) is 2.68. The maximum atomic E-state index is 3.78. The standard InChI is InChI=1S/C16H23BrN2/c1-11-6-14(17)8-15(7-11)19-10-16(3,13-4-5-13)18-9-12(19)2/h6-8,12-13,18H,4-5,9-10H2,1-3H3. The minimum Gasteiger partial charge on any atom is -0.366 e. The van der Waals surface area contributed by atoms with Crippen molar-refractivity contribution < 1.29 is 0 Å². The zero-order chi connectivity index (χ0) is 13.6. The fourth-order valence-corrected chi connectivity index (χ4v) is 3.87. The Hall–Kier alpha value is -0.540. The van der Waals surface area contributed by atoms with E-state index in [2.05, 4.69) is 65.1 Å². The van der Waals surface area contributed by atoms with Crippen LogP contribution in [0.3, 0.4) is 0 Å². The van der Waals surface area contributed by atoms with Gasteiger partial charge < -0.3 is 10.2 Å². The number of hydrogen-bond donors (Lipinski definition) is 1. The lowest BCUT2D eigenvalue weighted by Gasteiger charge is -2.47. The van der Waals surface area contributed by atoms with E-state index in [-0.39, 0.29) is 0 Å². The van der Waals surface area contributed by atoms with Gasteiger partial charge in [0.2, 0.25) is 0 Å². The zero-order valence-corrected chi connectivity index (χ0v) is 13.6. The minimum atomic E-state index is 0.294. The average molecular weight is 323 g/mol. The summed E-state index contributed by atoms with van der Waals surface area (Å²) in [7, 11) is 0. The number of aryl methyl sites for hydroxylation is 1. The second kappa shape index (κ2) is 4.78. The molecule has 1 aliphatic heterocycles. The van der Waals surface area contributed by atoms with Crippen LogP contribution in [0.4, 0.5) is 5.69 Å². The van der Waals surface area contributed by atoms with Crippen LogP contribution in [0.15, 0.2) is 22.7 Å². The Kier molecular flexibility index (Phi) is 3.38. The second-order valence-corrected chi connectivity index (χ2v) is 7.45. The van der Waals surface area contributed by atoms with E-state index in [0.29, 0.717) is 11.6 Å². The highest BCUT2D eigenvalue weighted by atomic mass is 79.9. The van der Waals surface area contributed by atoms with Crippen LogP contribution in [0.1, 0.15) is 32.3 Å². The smallest absolute Gasteiger partial charge is 0.0387 e. The second-order valence-electron chi connectivity index (χ2n) is 6.54. The first-order chi connectivity index (χ1) is 8.98. The molecule has 2 fully saturated rings. The number of hydrogen-bond acceptors (Lipinski definition) is 2. The van der Waals surface area contributed by atoms with Gasteiger partial charge in [0.15, 0.2) is 0 Å². The number of anilines is 1. The Morgan fingerprint density at radius 3 is 2.68 bits per heavy atom. The molecular weight excluding hydrogens is 300 g/mol. The average Bonchev–Trinajstić information content (AvgIpc) is 3.15. The summed E-state index contributed by atoms with van der Waals surface area (Å²) in [6.45, 7) is 9.08. The van der Waals surface area contributed by atoms with Gasteiger partial charge in [-0.15, -0.1) is 0 Å². The highest BCUT2D eigenvalue weighted by molar-refractivity contribution is 9.10. The van der Waals surface area contributed by atoms with Crippen LogP contribution in [0, 0.1) is 12.8 Å². The predicted octanol–water partition coefficient (Wildman–Crippen LogP) is 3.72. The molecule has 3 heteroatoms. The minimum absolute atomic E-state index is 0.294. The number of nitrogens with one attached hydrogen (secondary N) is 1. The first-order valence-corrected chi connectivity index (χ1v) is 8.06. The van der Waals surface area contributed by atoms with E-state index in [9.17, 15) is 0 Å². The Bertz CT molecular complexity index is 463. The van der Waals surface area contributed by atoms with Gasteiger partial charge in [0.1, 0.15) is 0 Å². The highest BCUT2D eigenvalue weighted by Crippen LogP contribution is 2.42. The van der Waals surface area contributed by atoms with E-state index in [0.717, 1.165) is 19.0 Å². The summed E-state index contributed by atoms with van der Waals surface area (Å²) in [5.74, 6) is 0.871. The molecule has 3 rings (SSSR count). The van der Waals surface area contributed by atoms with Gasteiger partial charge in [-0.25, -0.2) is 0 Å². The van der Waals surface area contributed by atoms with Crippen molar-refractivity contribution in [1.82, 2.24) is 5.32 Å². The fourth-order valence-electron chi connectivity index (χ4n) is 3.28. The lowest BCUT2D eigenvalue weighted by Crippen LogP contribution is -2.63. The molecule has 2 atom stereocenters. The van der Waals surface area contributed by atoms with Crippen LogP contribution in [0.2, 0.25) is 0 Å². The van der Waals surface area contributed by atoms with Crippen LogP contribution in [0.25, 0.3) is 0 Å². The largest absolute Gasteiger partial charge is 0.366 e. The Morgan fingerprint density at radius 1 is 1.32 bits per heavy atom. The molecule has 0 aromatic heterocycles. The van der Waals surface area contributed by atoms with Crippen molar-refractivity contribution in [3.63, 3.8) is 0 Å². The van der Waals surface area contributed by atoms with E-state index in [1.807, 2.05) is 0 Å². The summed E-state index contributed by atoms with van der Waals surface area (Å²) in [4.78, 5) is 2.58. The number of nitrogens with zero attached hydrogens (tertiary/aromatic N) is 1. The molecule has 1 saturated heterocycles. The van der Waals surface area contributed by atoms with E-state index >= 15 is 0 Å². The SMILES string of the molecule is Cc1cc(Br)cc(N2CC(C)(C3CC3)NCC2C)c1. The lowest BCUT2D eigenvalue weighted by molar-refractivity contribution is 0.261. The molecule has 1 N–H and O–H groups in total. The van der Waals surface area contributed by atoms with Gasteiger partial charge in [0.25, 0.3) is 0 Å². The number of halogens is 1. The van der Waals surface area contributed by atoms with Gasteiger partial charge in [-0.05, 0) is 63.3 Å². The summed E-state index contributed by atoms with van der Waals surface area (Å²) >= 11 is 3.63. The van der Waals surface area contributed by atoms with Crippen molar-refractivity contribution in [3.05, 3.63) is 28.2 Å². The van der Waals surface area contributed by atoms with Crippen molar-refractivity contribution in [2.24, 2.45) is 5.92 Å². The molecule has 1 aromatic rings. The summed E-state index contributed by atoms with van der Waals surface area (Å²) < 4.78 is 1.18. The third-order valence-electron chi connectivity index (χ3n) is 4.67. The van der Waals surface area contributed by atoms with Crippen molar-refractivity contribution in [2.45, 2.75) is 45.2 Å². The van der Waals surface area contributed by atoms with Crippen molar-refractivity contribution in [3.8, 4) is 0 Å². The molecule has 0 amide bonds. The molecule has 0 bridgehead atoms. The molecule has 0 radical (unpaired) electrons. The van der Waals surface area contributed by atoms with Crippen molar-refractivity contribution >= 4 is 21.6 Å². The van der Waals surface area contributed by atoms with Crippen LogP contribution in [-0.4, -0.2) is 24.7 Å². The molecular formula is C16H23BrN2. The van der Waals surface area contributed by atoms with E-state index < -0.39 is 0 Å². The highest BCUT2D eigenvalue weighted by Gasteiger charge is 2.45. The van der Waals surface area contributed by atoms with E-state index in [4.69, 9.17) is 0 Å². The molecule has 2 unspecified atom stereocenters. The van der Waals surface area contributed by atoms with Crippen LogP contribution >= 0.6 is 15.9 Å². The van der Waals surface area contributed by atoms with Crippen molar-refractivity contribution in [2.75, 3.05) is 18.0 Å². The van der Waals surface area contributed by atoms with Crippen LogP contribution in [0.5, 0.6) is 0 Å². The molecule has 1 aliphatic carbocycles. The molecule has 2 aliphatic rings. The predicted molar refractivity (Wildman–Crippen MR) is 84.8 cm³/mol. The normalized spacial score (nSPS) is 31.6. The van der Waals surface area contributed by atoms with Gasteiger partial charge in [-0.1, -0.05) is 15.9 Å². The molecule has 104 valence electrons. The van der Waals surface area contributed by atoms with Crippen LogP contribution in [-0.2, 0) is 0 Å². The summed E-state index contributed by atoms with van der Waals surface area (Å²) in [6, 6.07) is 7.29. The summed E-state index contributed by atoms with van der Waals surface area (Å²) in [5, 5.41) is 3.78. The Morgan fingerprint density at radius 2 is 2.05 bits per heavy atom.